The molecule has 0 heterocycles. The lowest BCUT2D eigenvalue weighted by atomic mass is 9.89. The van der Waals surface area contributed by atoms with E-state index >= 15 is 0 Å². The predicted octanol–water partition coefficient (Wildman–Crippen LogP) is 4.56. The third-order valence-corrected chi connectivity index (χ3v) is 5.18. The summed E-state index contributed by atoms with van der Waals surface area (Å²) in [5.74, 6) is 0.707. The Bertz CT molecular complexity index is 337. The van der Waals surface area contributed by atoms with Crippen molar-refractivity contribution in [2.45, 2.75) is 76.3 Å². The number of rotatable bonds is 6. The molecule has 124 valence electrons. The Morgan fingerprint density at radius 3 is 1.59 bits per heavy atom. The quantitative estimate of drug-likeness (QED) is 0.443. The average Bonchev–Trinajstić information content (AvgIpc) is 2.57. The van der Waals surface area contributed by atoms with Gasteiger partial charge in [-0.1, -0.05) is 50.7 Å². The maximum absolute atomic E-state index is 8.84. The van der Waals surface area contributed by atoms with E-state index in [1.165, 1.54) is 64.2 Å². The normalized spacial score (nSPS) is 20.4. The van der Waals surface area contributed by atoms with Gasteiger partial charge >= 0.3 is 0 Å². The minimum absolute atomic E-state index is 0.571. The van der Waals surface area contributed by atoms with Crippen molar-refractivity contribution >= 4 is 5.96 Å². The van der Waals surface area contributed by atoms with Gasteiger partial charge < -0.3 is 9.80 Å². The number of hydrogen-bond acceptors (Lipinski definition) is 1. The van der Waals surface area contributed by atoms with Crippen LogP contribution in [0.4, 0.5) is 0 Å². The SMILES string of the molecule is C=CCN(CC=C)C(=N)N(C1CCCCC1)C1CCCCC1. The number of nitrogens with one attached hydrogen (secondary N) is 1. The van der Waals surface area contributed by atoms with E-state index in [2.05, 4.69) is 23.0 Å². The second-order valence-corrected chi connectivity index (χ2v) is 6.80. The molecule has 2 fully saturated rings. The van der Waals surface area contributed by atoms with Crippen molar-refractivity contribution in [3.63, 3.8) is 0 Å². The second-order valence-electron chi connectivity index (χ2n) is 6.80. The molecular weight excluding hydrogens is 270 g/mol. The molecular formula is C19H33N3. The molecule has 0 aromatic rings. The van der Waals surface area contributed by atoms with Crippen LogP contribution in [0.25, 0.3) is 0 Å². The van der Waals surface area contributed by atoms with Gasteiger partial charge in [0.25, 0.3) is 0 Å². The lowest BCUT2D eigenvalue weighted by Gasteiger charge is -2.45. The van der Waals surface area contributed by atoms with Gasteiger partial charge in [-0.3, -0.25) is 5.41 Å². The van der Waals surface area contributed by atoms with E-state index in [1.807, 2.05) is 12.2 Å². The van der Waals surface area contributed by atoms with Crippen molar-refractivity contribution in [1.82, 2.24) is 9.80 Å². The highest BCUT2D eigenvalue weighted by molar-refractivity contribution is 5.78. The fourth-order valence-corrected chi connectivity index (χ4v) is 4.08. The molecule has 0 bridgehead atoms. The third kappa shape index (κ3) is 4.37. The predicted molar refractivity (Wildman–Crippen MR) is 95.3 cm³/mol. The molecule has 2 aliphatic rings. The Kier molecular flexibility index (Phi) is 7.01. The third-order valence-electron chi connectivity index (χ3n) is 5.18. The van der Waals surface area contributed by atoms with Crippen molar-refractivity contribution < 1.29 is 0 Å². The van der Waals surface area contributed by atoms with Crippen molar-refractivity contribution in [1.29, 1.82) is 5.41 Å². The van der Waals surface area contributed by atoms with E-state index < -0.39 is 0 Å². The summed E-state index contributed by atoms with van der Waals surface area (Å²) in [5.41, 5.74) is 0. The molecule has 2 saturated carbocycles. The molecule has 0 aromatic heterocycles. The van der Waals surface area contributed by atoms with Gasteiger partial charge in [-0.15, -0.1) is 13.2 Å². The molecule has 0 radical (unpaired) electrons. The van der Waals surface area contributed by atoms with Gasteiger partial charge in [-0.2, -0.15) is 0 Å². The number of nitrogens with zero attached hydrogens (tertiary/aromatic N) is 2. The van der Waals surface area contributed by atoms with Crippen molar-refractivity contribution in [2.75, 3.05) is 13.1 Å². The average molecular weight is 303 g/mol. The summed E-state index contributed by atoms with van der Waals surface area (Å²) in [4.78, 5) is 4.59. The van der Waals surface area contributed by atoms with E-state index in [9.17, 15) is 0 Å². The van der Waals surface area contributed by atoms with Crippen LogP contribution in [0.5, 0.6) is 0 Å². The molecule has 0 atom stereocenters. The zero-order valence-electron chi connectivity index (χ0n) is 14.1. The fraction of sp³-hybridized carbons (Fsp3) is 0.737. The molecule has 0 spiro atoms. The van der Waals surface area contributed by atoms with Crippen LogP contribution in [0, 0.1) is 5.41 Å². The zero-order valence-corrected chi connectivity index (χ0v) is 14.1. The minimum Gasteiger partial charge on any atom is -0.337 e. The Labute approximate surface area is 136 Å². The highest BCUT2D eigenvalue weighted by Gasteiger charge is 2.32. The summed E-state index contributed by atoms with van der Waals surface area (Å²) in [6, 6.07) is 1.14. The first kappa shape index (κ1) is 17.1. The smallest absolute Gasteiger partial charge is 0.194 e. The van der Waals surface area contributed by atoms with E-state index in [0.717, 1.165) is 13.1 Å². The van der Waals surface area contributed by atoms with Crippen molar-refractivity contribution in [2.24, 2.45) is 0 Å². The van der Waals surface area contributed by atoms with E-state index in [4.69, 9.17) is 5.41 Å². The van der Waals surface area contributed by atoms with Gasteiger partial charge in [0.05, 0.1) is 0 Å². The maximum Gasteiger partial charge on any atom is 0.194 e. The van der Waals surface area contributed by atoms with Crippen LogP contribution in [0.15, 0.2) is 25.3 Å². The Hall–Kier alpha value is -1.25. The standard InChI is InChI=1S/C19H33N3/c1-3-15-21(16-4-2)19(20)22(17-11-7-5-8-12-17)18-13-9-6-10-14-18/h3-4,17-18,20H,1-2,5-16H2. The molecule has 0 unspecified atom stereocenters. The first-order chi connectivity index (χ1) is 10.8. The van der Waals surface area contributed by atoms with Gasteiger partial charge in [0.1, 0.15) is 0 Å². The first-order valence-electron chi connectivity index (χ1n) is 9.11. The molecule has 3 heteroatoms. The fourth-order valence-electron chi connectivity index (χ4n) is 4.08. The summed E-state index contributed by atoms with van der Waals surface area (Å²) in [6.07, 6.45) is 16.9. The molecule has 22 heavy (non-hydrogen) atoms. The van der Waals surface area contributed by atoms with Crippen LogP contribution in [-0.2, 0) is 0 Å². The zero-order chi connectivity index (χ0) is 15.8. The molecule has 0 aliphatic heterocycles. The molecule has 3 nitrogen and oxygen atoms in total. The summed E-state index contributed by atoms with van der Waals surface area (Å²) >= 11 is 0. The lowest BCUT2D eigenvalue weighted by Crippen LogP contribution is -2.54. The van der Waals surface area contributed by atoms with Gasteiger partial charge in [0.2, 0.25) is 0 Å². The molecule has 0 amide bonds. The number of hydrogen-bond donors (Lipinski definition) is 1. The van der Waals surface area contributed by atoms with Crippen LogP contribution in [-0.4, -0.2) is 40.9 Å². The van der Waals surface area contributed by atoms with Crippen LogP contribution >= 0.6 is 0 Å². The maximum atomic E-state index is 8.84. The van der Waals surface area contributed by atoms with Crippen molar-refractivity contribution in [3.8, 4) is 0 Å². The summed E-state index contributed by atoms with van der Waals surface area (Å²) in [7, 11) is 0. The Morgan fingerprint density at radius 1 is 0.818 bits per heavy atom. The topological polar surface area (TPSA) is 30.3 Å². The van der Waals surface area contributed by atoms with Gasteiger partial charge in [-0.05, 0) is 25.7 Å². The van der Waals surface area contributed by atoms with Gasteiger partial charge in [0.15, 0.2) is 5.96 Å². The Balaban J connectivity index is 2.14. The van der Waals surface area contributed by atoms with E-state index in [0.29, 0.717) is 18.0 Å². The highest BCUT2D eigenvalue weighted by Crippen LogP contribution is 2.30. The van der Waals surface area contributed by atoms with Crippen LogP contribution < -0.4 is 0 Å². The van der Waals surface area contributed by atoms with E-state index in [1.54, 1.807) is 0 Å². The monoisotopic (exact) mass is 303 g/mol. The summed E-state index contributed by atoms with van der Waals surface area (Å²) in [5, 5.41) is 8.84. The lowest BCUT2D eigenvalue weighted by molar-refractivity contribution is 0.138. The van der Waals surface area contributed by atoms with Crippen LogP contribution in [0.3, 0.4) is 0 Å². The Morgan fingerprint density at radius 2 is 1.23 bits per heavy atom. The van der Waals surface area contributed by atoms with Gasteiger partial charge in [-0.25, -0.2) is 0 Å². The minimum atomic E-state index is 0.571. The molecule has 0 aromatic carbocycles. The van der Waals surface area contributed by atoms with Crippen LogP contribution in [0.1, 0.15) is 64.2 Å². The highest BCUT2D eigenvalue weighted by atomic mass is 15.4. The van der Waals surface area contributed by atoms with Gasteiger partial charge in [0, 0.05) is 25.2 Å². The summed E-state index contributed by atoms with van der Waals surface area (Å²) < 4.78 is 0. The largest absolute Gasteiger partial charge is 0.337 e. The number of guanidine groups is 1. The summed E-state index contributed by atoms with van der Waals surface area (Å²) in [6.45, 7) is 9.19. The molecule has 2 rings (SSSR count). The molecule has 2 aliphatic carbocycles. The van der Waals surface area contributed by atoms with E-state index in [-0.39, 0.29) is 0 Å². The molecule has 0 saturated heterocycles. The first-order valence-corrected chi connectivity index (χ1v) is 9.11. The second kappa shape index (κ2) is 9.02. The van der Waals surface area contributed by atoms with Crippen LogP contribution in [0.2, 0.25) is 0 Å². The molecule has 1 N–H and O–H groups in total. The van der Waals surface area contributed by atoms with Crippen molar-refractivity contribution in [3.05, 3.63) is 25.3 Å².